The quantitative estimate of drug-likeness (QED) is 0.370. The minimum absolute atomic E-state index is 0.735. The fourth-order valence-corrected chi connectivity index (χ4v) is 5.96. The van der Waals surface area contributed by atoms with Gasteiger partial charge in [0.25, 0.3) is 0 Å². The van der Waals surface area contributed by atoms with Gasteiger partial charge in [0.2, 0.25) is 0 Å². The van der Waals surface area contributed by atoms with Crippen molar-refractivity contribution in [1.82, 2.24) is 0 Å². The molecule has 31 heavy (non-hydrogen) atoms. The lowest BCUT2D eigenvalue weighted by Gasteiger charge is -2.37. The maximum Gasteiger partial charge on any atom is 0.0117 e. The molecular formula is C31H42. The van der Waals surface area contributed by atoms with Crippen molar-refractivity contribution < 1.29 is 0 Å². The molecule has 0 aromatic carbocycles. The predicted molar refractivity (Wildman–Crippen MR) is 138 cm³/mol. The van der Waals surface area contributed by atoms with Gasteiger partial charge in [-0.05, 0) is 80.1 Å². The van der Waals surface area contributed by atoms with Crippen LogP contribution in [0.2, 0.25) is 0 Å². The van der Waals surface area contributed by atoms with Crippen molar-refractivity contribution in [1.29, 1.82) is 0 Å². The van der Waals surface area contributed by atoms with E-state index in [1.807, 2.05) is 27.7 Å². The molecule has 0 N–H and O–H groups in total. The topological polar surface area (TPSA) is 0 Å². The van der Waals surface area contributed by atoms with E-state index >= 15 is 0 Å². The maximum absolute atomic E-state index is 2.43. The monoisotopic (exact) mass is 414 g/mol. The summed E-state index contributed by atoms with van der Waals surface area (Å²) < 4.78 is 0. The fourth-order valence-electron chi connectivity index (χ4n) is 5.96. The van der Waals surface area contributed by atoms with Gasteiger partial charge in [0.1, 0.15) is 0 Å². The highest BCUT2D eigenvalue weighted by Gasteiger charge is 2.35. The van der Waals surface area contributed by atoms with Crippen LogP contribution in [0.15, 0.2) is 94.2 Å². The van der Waals surface area contributed by atoms with Crippen LogP contribution in [0, 0.1) is 23.7 Å². The summed E-state index contributed by atoms with van der Waals surface area (Å²) in [5.74, 6) is 3.07. The van der Waals surface area contributed by atoms with Crippen molar-refractivity contribution in [3.05, 3.63) is 94.2 Å². The first-order valence-electron chi connectivity index (χ1n) is 12.7. The second-order valence-corrected chi connectivity index (χ2v) is 8.91. The van der Waals surface area contributed by atoms with E-state index in [1.54, 1.807) is 22.3 Å². The zero-order chi connectivity index (χ0) is 22.4. The standard InChI is InChI=1S/C14H16.C13H14.2C2H6/c1-10-8-9-12-5-2-4-11-6-3-7-13(10)14(11)12;1-9-5-6-11-8-7-10-3-2-4-12(9)13(10)11;2*1-2/h3,6-9,12,14H,2,4-5H2,1H3;2-6,11,13H,7-8H2,1H3;2*1-2H3. The molecule has 6 rings (SSSR count). The zero-order valence-electron chi connectivity index (χ0n) is 20.6. The van der Waals surface area contributed by atoms with E-state index in [-0.39, 0.29) is 0 Å². The van der Waals surface area contributed by atoms with Crippen LogP contribution in [0.5, 0.6) is 0 Å². The minimum atomic E-state index is 0.735. The summed E-state index contributed by atoms with van der Waals surface area (Å²) in [5, 5.41) is 0. The molecule has 6 aliphatic carbocycles. The van der Waals surface area contributed by atoms with Gasteiger partial charge in [-0.1, -0.05) is 99.6 Å². The van der Waals surface area contributed by atoms with E-state index in [2.05, 4.69) is 74.6 Å². The van der Waals surface area contributed by atoms with E-state index in [1.165, 1.54) is 43.3 Å². The van der Waals surface area contributed by atoms with Crippen LogP contribution in [-0.2, 0) is 0 Å². The third kappa shape index (κ3) is 4.74. The normalized spacial score (nSPS) is 30.5. The molecule has 4 unspecified atom stereocenters. The van der Waals surface area contributed by atoms with Gasteiger partial charge in [-0.3, -0.25) is 0 Å². The highest BCUT2D eigenvalue weighted by atomic mass is 14.4. The molecule has 0 spiro atoms. The van der Waals surface area contributed by atoms with Crippen molar-refractivity contribution in [2.45, 2.75) is 73.6 Å². The van der Waals surface area contributed by atoms with Crippen LogP contribution >= 0.6 is 0 Å². The smallest absolute Gasteiger partial charge is 0.0117 e. The Labute approximate surface area is 191 Å². The molecule has 166 valence electrons. The summed E-state index contributed by atoms with van der Waals surface area (Å²) >= 11 is 0. The van der Waals surface area contributed by atoms with Gasteiger partial charge in [-0.2, -0.15) is 0 Å². The number of allylic oxidation sites excluding steroid dienone is 16. The van der Waals surface area contributed by atoms with Crippen LogP contribution in [0.4, 0.5) is 0 Å². The summed E-state index contributed by atoms with van der Waals surface area (Å²) in [6.45, 7) is 12.5. The van der Waals surface area contributed by atoms with Crippen molar-refractivity contribution in [2.75, 3.05) is 0 Å². The molecule has 0 aliphatic heterocycles. The molecule has 0 aromatic rings. The Hall–Kier alpha value is -2.08. The molecular weight excluding hydrogens is 372 g/mol. The Morgan fingerprint density at radius 1 is 0.613 bits per heavy atom. The number of hydrogen-bond acceptors (Lipinski definition) is 0. The summed E-state index contributed by atoms with van der Waals surface area (Å²) in [6.07, 6.45) is 29.9. The molecule has 6 aliphatic rings. The second kappa shape index (κ2) is 11.0. The SMILES string of the molecule is CC.CC.CC1=C2C=CC=C3CCC(C=C1)C32.CC1=C2C=CC=C3CCCC(C=C1)C32. The molecule has 0 heteroatoms. The van der Waals surface area contributed by atoms with E-state index in [0.29, 0.717) is 0 Å². The van der Waals surface area contributed by atoms with Gasteiger partial charge in [-0.15, -0.1) is 0 Å². The van der Waals surface area contributed by atoms with Crippen LogP contribution in [-0.4, -0.2) is 0 Å². The van der Waals surface area contributed by atoms with Crippen molar-refractivity contribution >= 4 is 0 Å². The first-order valence-corrected chi connectivity index (χ1v) is 12.7. The van der Waals surface area contributed by atoms with Crippen LogP contribution in [0.3, 0.4) is 0 Å². The van der Waals surface area contributed by atoms with Crippen molar-refractivity contribution in [3.8, 4) is 0 Å². The maximum atomic E-state index is 2.43. The van der Waals surface area contributed by atoms with Gasteiger partial charge >= 0.3 is 0 Å². The van der Waals surface area contributed by atoms with E-state index < -0.39 is 0 Å². The van der Waals surface area contributed by atoms with Crippen LogP contribution < -0.4 is 0 Å². The summed E-state index contributed by atoms with van der Waals surface area (Å²) in [4.78, 5) is 0. The first-order chi connectivity index (χ1) is 15.2. The first kappa shape index (κ1) is 23.6. The average Bonchev–Trinajstić information content (AvgIpc) is 3.26. The van der Waals surface area contributed by atoms with E-state index in [9.17, 15) is 0 Å². The Morgan fingerprint density at radius 2 is 1.10 bits per heavy atom. The molecule has 2 saturated carbocycles. The van der Waals surface area contributed by atoms with E-state index in [4.69, 9.17) is 0 Å². The highest BCUT2D eigenvalue weighted by Crippen LogP contribution is 2.47. The molecule has 0 aromatic heterocycles. The van der Waals surface area contributed by atoms with Crippen molar-refractivity contribution in [2.24, 2.45) is 23.7 Å². The summed E-state index contributed by atoms with van der Waals surface area (Å²) in [7, 11) is 0. The predicted octanol–water partition coefficient (Wildman–Crippen LogP) is 9.23. The van der Waals surface area contributed by atoms with E-state index in [0.717, 1.165) is 23.7 Å². The van der Waals surface area contributed by atoms with Gasteiger partial charge < -0.3 is 0 Å². The molecule has 0 amide bonds. The Balaban J connectivity index is 0.000000152. The van der Waals surface area contributed by atoms with Gasteiger partial charge in [0.15, 0.2) is 0 Å². The third-order valence-electron chi connectivity index (χ3n) is 7.36. The number of hydrogen-bond donors (Lipinski definition) is 0. The minimum Gasteiger partial charge on any atom is -0.0802 e. The van der Waals surface area contributed by atoms with Crippen LogP contribution in [0.25, 0.3) is 0 Å². The van der Waals surface area contributed by atoms with Gasteiger partial charge in [0.05, 0.1) is 0 Å². The Morgan fingerprint density at radius 3 is 1.65 bits per heavy atom. The Bertz CT molecular complexity index is 890. The second-order valence-electron chi connectivity index (χ2n) is 8.91. The molecule has 2 fully saturated rings. The fraction of sp³-hybridized carbons (Fsp3) is 0.484. The Kier molecular flexibility index (Phi) is 8.35. The summed E-state index contributed by atoms with van der Waals surface area (Å²) in [6, 6.07) is 0. The van der Waals surface area contributed by atoms with Crippen LogP contribution in [0.1, 0.15) is 73.6 Å². The lowest BCUT2D eigenvalue weighted by Crippen LogP contribution is -2.25. The summed E-state index contributed by atoms with van der Waals surface area (Å²) in [5.41, 5.74) is 9.41. The largest absolute Gasteiger partial charge is 0.0802 e. The molecule has 0 bridgehead atoms. The highest BCUT2D eigenvalue weighted by molar-refractivity contribution is 5.49. The molecule has 4 atom stereocenters. The van der Waals surface area contributed by atoms with Gasteiger partial charge in [-0.25, -0.2) is 0 Å². The lowest BCUT2D eigenvalue weighted by atomic mass is 9.67. The average molecular weight is 415 g/mol. The lowest BCUT2D eigenvalue weighted by molar-refractivity contribution is 0.400. The molecule has 0 saturated heterocycles. The molecule has 0 radical (unpaired) electrons. The van der Waals surface area contributed by atoms with Gasteiger partial charge in [0, 0.05) is 11.8 Å². The molecule has 0 heterocycles. The zero-order valence-corrected chi connectivity index (χ0v) is 20.6. The molecule has 0 nitrogen and oxygen atoms in total. The number of rotatable bonds is 0. The van der Waals surface area contributed by atoms with Crippen molar-refractivity contribution in [3.63, 3.8) is 0 Å². The third-order valence-corrected chi connectivity index (χ3v) is 7.36.